The van der Waals surface area contributed by atoms with Crippen LogP contribution in [0.4, 0.5) is 14.5 Å². The molecule has 2 fully saturated rings. The number of rotatable bonds is 7. The molecule has 11 heteroatoms. The van der Waals surface area contributed by atoms with Crippen LogP contribution in [0.5, 0.6) is 0 Å². The predicted molar refractivity (Wildman–Crippen MR) is 146 cm³/mol. The molecule has 2 amide bonds. The molecule has 1 aliphatic heterocycles. The number of carbonyl (C=O) groups is 2. The molecule has 0 radical (unpaired) electrons. The van der Waals surface area contributed by atoms with E-state index in [0.717, 1.165) is 42.4 Å². The minimum atomic E-state index is -2.64. The van der Waals surface area contributed by atoms with Gasteiger partial charge >= 0.3 is 0 Å². The Morgan fingerprint density at radius 1 is 1.02 bits per heavy atom. The summed E-state index contributed by atoms with van der Waals surface area (Å²) in [5, 5.41) is 13.5. The third kappa shape index (κ3) is 5.69. The fourth-order valence-corrected chi connectivity index (χ4v) is 5.42. The second kappa shape index (κ2) is 10.7. The third-order valence-corrected chi connectivity index (χ3v) is 7.51. The number of anilines is 1. The lowest BCUT2D eigenvalue weighted by molar-refractivity contribution is 0.0115. The summed E-state index contributed by atoms with van der Waals surface area (Å²) in [6.45, 7) is 0.498. The Balaban J connectivity index is 1.16. The Morgan fingerprint density at radius 2 is 1.88 bits per heavy atom. The highest BCUT2D eigenvalue weighted by molar-refractivity contribution is 6.11. The first-order valence-electron chi connectivity index (χ1n) is 13.4. The van der Waals surface area contributed by atoms with Gasteiger partial charge in [-0.15, -0.1) is 0 Å². The van der Waals surface area contributed by atoms with Crippen molar-refractivity contribution < 1.29 is 18.4 Å². The van der Waals surface area contributed by atoms with E-state index < -0.39 is 11.8 Å². The van der Waals surface area contributed by atoms with Gasteiger partial charge < -0.3 is 10.6 Å². The first kappa shape index (κ1) is 26.0. The molecule has 1 saturated carbocycles. The number of H-pyrrole nitrogens is 1. The monoisotopic (exact) mass is 545 g/mol. The number of hydrogen-bond donors (Lipinski definition) is 3. The van der Waals surface area contributed by atoms with E-state index in [4.69, 9.17) is 0 Å². The normalized spacial score (nSPS) is 17.4. The first-order valence-corrected chi connectivity index (χ1v) is 13.4. The molecule has 1 aliphatic carbocycles. The molecular weight excluding hydrogens is 516 g/mol. The van der Waals surface area contributed by atoms with Crippen molar-refractivity contribution in [2.24, 2.45) is 0 Å². The van der Waals surface area contributed by atoms with E-state index in [-0.39, 0.29) is 30.6 Å². The number of amides is 2. The van der Waals surface area contributed by atoms with Crippen molar-refractivity contribution in [1.29, 1.82) is 0 Å². The second-order valence-corrected chi connectivity index (χ2v) is 10.6. The fourth-order valence-electron chi connectivity index (χ4n) is 5.42. The van der Waals surface area contributed by atoms with Gasteiger partial charge in [-0.25, -0.2) is 13.8 Å². The molecule has 2 aliphatic rings. The highest BCUT2D eigenvalue weighted by Gasteiger charge is 2.37. The van der Waals surface area contributed by atoms with Crippen molar-refractivity contribution in [1.82, 2.24) is 30.4 Å². The first-order chi connectivity index (χ1) is 19.3. The summed E-state index contributed by atoms with van der Waals surface area (Å²) in [5.41, 5.74) is 4.12. The molecule has 4 heterocycles. The smallest absolute Gasteiger partial charge is 0.276 e. The van der Waals surface area contributed by atoms with Crippen LogP contribution in [0.3, 0.4) is 0 Å². The van der Waals surface area contributed by atoms with Gasteiger partial charge in [0.2, 0.25) is 0 Å². The van der Waals surface area contributed by atoms with Crippen LogP contribution in [-0.4, -0.2) is 61.9 Å². The van der Waals surface area contributed by atoms with Crippen molar-refractivity contribution in [2.75, 3.05) is 18.4 Å². The maximum Gasteiger partial charge on any atom is 0.276 e. The molecule has 1 aromatic carbocycles. The molecule has 3 N–H and O–H groups in total. The lowest BCUT2D eigenvalue weighted by atomic mass is 10.0. The fraction of sp³-hybridized carbons (Fsp3) is 0.345. The number of carbonyl (C=O) groups excluding carboxylic acids is 2. The van der Waals surface area contributed by atoms with Crippen LogP contribution in [0.2, 0.25) is 0 Å². The van der Waals surface area contributed by atoms with Crippen molar-refractivity contribution in [3.8, 4) is 11.1 Å². The van der Waals surface area contributed by atoms with Gasteiger partial charge in [0.05, 0.1) is 23.9 Å². The summed E-state index contributed by atoms with van der Waals surface area (Å²) in [6.07, 6.45) is 8.94. The van der Waals surface area contributed by atoms with Crippen LogP contribution < -0.4 is 10.6 Å². The number of hydrogen-bond acceptors (Lipinski definition) is 6. The van der Waals surface area contributed by atoms with E-state index in [0.29, 0.717) is 35.4 Å². The molecule has 206 valence electrons. The standard InChI is InChI=1S/C29H29F2N7O2/c30-29(31)9-10-38(17-29)16-18-11-20(14-32-13-18)19-5-7-24-23(12-19)26(37-36-24)28(40)35-22-6-8-25(33-15-22)27(39)34-21-3-1-2-4-21/h5-8,11-15,21H,1-4,9-10,16-17H2,(H,34,39)(H,35,40)(H,36,37). The molecule has 6 rings (SSSR count). The summed E-state index contributed by atoms with van der Waals surface area (Å²) in [4.78, 5) is 35.8. The molecule has 0 unspecified atom stereocenters. The van der Waals surface area contributed by atoms with Gasteiger partial charge in [-0.2, -0.15) is 5.10 Å². The molecule has 0 atom stereocenters. The van der Waals surface area contributed by atoms with Gasteiger partial charge in [0, 0.05) is 48.9 Å². The maximum atomic E-state index is 13.6. The van der Waals surface area contributed by atoms with Gasteiger partial charge in [0.25, 0.3) is 17.7 Å². The Bertz CT molecular complexity index is 1550. The zero-order valence-corrected chi connectivity index (χ0v) is 21.8. The van der Waals surface area contributed by atoms with Crippen molar-refractivity contribution in [2.45, 2.75) is 50.6 Å². The number of nitrogens with zero attached hydrogens (tertiary/aromatic N) is 4. The van der Waals surface area contributed by atoms with Crippen LogP contribution in [0.1, 0.15) is 58.6 Å². The lowest BCUT2D eigenvalue weighted by Gasteiger charge is -2.15. The number of benzene rings is 1. The summed E-state index contributed by atoms with van der Waals surface area (Å²) in [6, 6.07) is 10.9. The van der Waals surface area contributed by atoms with E-state index >= 15 is 0 Å². The summed E-state index contributed by atoms with van der Waals surface area (Å²) in [5.74, 6) is -3.28. The van der Waals surface area contributed by atoms with Gasteiger partial charge in [-0.3, -0.25) is 24.6 Å². The van der Waals surface area contributed by atoms with Crippen LogP contribution in [0.25, 0.3) is 22.0 Å². The Labute approximate surface area is 229 Å². The number of aromatic amines is 1. The Kier molecular flexibility index (Phi) is 6.97. The highest BCUT2D eigenvalue weighted by Crippen LogP contribution is 2.30. The van der Waals surface area contributed by atoms with Crippen LogP contribution >= 0.6 is 0 Å². The SMILES string of the molecule is O=C(NC1CCCC1)c1ccc(NC(=O)c2n[nH]c3ccc(-c4cncc(CN5CCC(F)(F)C5)c4)cc23)cn1. The average molecular weight is 546 g/mol. The van der Waals surface area contributed by atoms with Gasteiger partial charge in [0.1, 0.15) is 5.69 Å². The molecule has 1 saturated heterocycles. The van der Waals surface area contributed by atoms with Crippen molar-refractivity contribution >= 4 is 28.4 Å². The molecule has 4 aromatic rings. The maximum absolute atomic E-state index is 13.6. The number of fused-ring (bicyclic) bond motifs is 1. The molecule has 40 heavy (non-hydrogen) atoms. The molecule has 0 spiro atoms. The van der Waals surface area contributed by atoms with E-state index in [1.54, 1.807) is 29.4 Å². The average Bonchev–Trinajstić information content (AvgIpc) is 3.69. The lowest BCUT2D eigenvalue weighted by Crippen LogP contribution is -2.33. The number of likely N-dealkylation sites (tertiary alicyclic amines) is 1. The molecule has 3 aromatic heterocycles. The number of pyridine rings is 2. The van der Waals surface area contributed by atoms with Crippen LogP contribution in [0, 0.1) is 0 Å². The molecule has 0 bridgehead atoms. The van der Waals surface area contributed by atoms with Gasteiger partial charge in [-0.05, 0) is 54.3 Å². The molecule has 9 nitrogen and oxygen atoms in total. The van der Waals surface area contributed by atoms with E-state index in [1.807, 2.05) is 24.3 Å². The van der Waals surface area contributed by atoms with Gasteiger partial charge in [0.15, 0.2) is 5.69 Å². The zero-order chi connectivity index (χ0) is 27.7. The highest BCUT2D eigenvalue weighted by atomic mass is 19.3. The Hall–Kier alpha value is -4.25. The predicted octanol–water partition coefficient (Wildman–Crippen LogP) is 4.79. The molecular formula is C29H29F2N7O2. The third-order valence-electron chi connectivity index (χ3n) is 7.51. The topological polar surface area (TPSA) is 116 Å². The second-order valence-electron chi connectivity index (χ2n) is 10.6. The summed E-state index contributed by atoms with van der Waals surface area (Å²) < 4.78 is 27.2. The number of nitrogens with one attached hydrogen (secondary N) is 3. The van der Waals surface area contributed by atoms with Crippen molar-refractivity contribution in [3.05, 3.63) is 71.9 Å². The van der Waals surface area contributed by atoms with Gasteiger partial charge in [-0.1, -0.05) is 18.9 Å². The summed E-state index contributed by atoms with van der Waals surface area (Å²) in [7, 11) is 0. The minimum Gasteiger partial charge on any atom is -0.348 e. The zero-order valence-electron chi connectivity index (χ0n) is 21.8. The van der Waals surface area contributed by atoms with E-state index in [1.165, 1.54) is 6.20 Å². The number of aromatic nitrogens is 4. The number of alkyl halides is 2. The quantitative estimate of drug-likeness (QED) is 0.308. The number of halogens is 2. The largest absolute Gasteiger partial charge is 0.348 e. The minimum absolute atomic E-state index is 0.127. The van der Waals surface area contributed by atoms with E-state index in [2.05, 4.69) is 30.8 Å². The van der Waals surface area contributed by atoms with Crippen molar-refractivity contribution in [3.63, 3.8) is 0 Å². The van der Waals surface area contributed by atoms with Crippen LogP contribution in [-0.2, 0) is 6.54 Å². The van der Waals surface area contributed by atoms with E-state index in [9.17, 15) is 18.4 Å². The summed E-state index contributed by atoms with van der Waals surface area (Å²) >= 11 is 0. The van der Waals surface area contributed by atoms with Crippen LogP contribution in [0.15, 0.2) is 55.0 Å². The Morgan fingerprint density at radius 3 is 2.62 bits per heavy atom.